The SMILES string of the molecule is CC1CCCC(F)C1(F)Cl. The Morgan fingerprint density at radius 2 is 2.10 bits per heavy atom. The second-order valence-electron chi connectivity index (χ2n) is 2.97. The monoisotopic (exact) mass is 168 g/mol. The summed E-state index contributed by atoms with van der Waals surface area (Å²) < 4.78 is 25.8. The Labute approximate surface area is 64.6 Å². The third-order valence-electron chi connectivity index (χ3n) is 2.17. The summed E-state index contributed by atoms with van der Waals surface area (Å²) in [7, 11) is 0. The molecule has 3 atom stereocenters. The molecule has 0 amide bonds. The van der Waals surface area contributed by atoms with Crippen molar-refractivity contribution < 1.29 is 8.78 Å². The molecule has 0 aromatic rings. The fraction of sp³-hybridized carbons (Fsp3) is 1.00. The topological polar surface area (TPSA) is 0 Å². The van der Waals surface area contributed by atoms with Crippen molar-refractivity contribution in [1.82, 2.24) is 0 Å². The Bertz CT molecular complexity index is 113. The van der Waals surface area contributed by atoms with Gasteiger partial charge < -0.3 is 0 Å². The molecule has 1 saturated carbocycles. The van der Waals surface area contributed by atoms with Gasteiger partial charge in [-0.3, -0.25) is 0 Å². The van der Waals surface area contributed by atoms with E-state index < -0.39 is 11.3 Å². The predicted octanol–water partition coefficient (Wildman–Crippen LogP) is 3.05. The normalized spacial score (nSPS) is 49.2. The molecule has 3 heteroatoms. The molecule has 0 spiro atoms. The third kappa shape index (κ3) is 1.26. The van der Waals surface area contributed by atoms with E-state index in [0.29, 0.717) is 6.42 Å². The number of hydrogen-bond acceptors (Lipinski definition) is 0. The highest BCUT2D eigenvalue weighted by Crippen LogP contribution is 2.41. The molecule has 1 aliphatic rings. The van der Waals surface area contributed by atoms with Crippen LogP contribution in [0.5, 0.6) is 0 Å². The maximum atomic E-state index is 13.0. The molecular formula is C7H11ClF2. The van der Waals surface area contributed by atoms with Crippen LogP contribution in [0.2, 0.25) is 0 Å². The molecule has 1 aliphatic carbocycles. The maximum Gasteiger partial charge on any atom is 0.216 e. The summed E-state index contributed by atoms with van der Waals surface area (Å²) in [5.74, 6) is -0.349. The summed E-state index contributed by atoms with van der Waals surface area (Å²) in [6.07, 6.45) is 0.240. The zero-order chi connectivity index (χ0) is 7.78. The van der Waals surface area contributed by atoms with Crippen LogP contribution in [0.25, 0.3) is 0 Å². The first-order valence-electron chi connectivity index (χ1n) is 3.57. The lowest BCUT2D eigenvalue weighted by Gasteiger charge is -2.32. The lowest BCUT2D eigenvalue weighted by atomic mass is 9.87. The molecule has 0 N–H and O–H groups in total. The molecule has 0 heterocycles. The Morgan fingerprint density at radius 3 is 2.50 bits per heavy atom. The molecular weight excluding hydrogens is 158 g/mol. The highest BCUT2D eigenvalue weighted by Gasteiger charge is 2.45. The molecule has 1 rings (SSSR count). The first kappa shape index (κ1) is 8.25. The minimum absolute atomic E-state index is 0.268. The van der Waals surface area contributed by atoms with Gasteiger partial charge in [0, 0.05) is 5.92 Å². The number of rotatable bonds is 0. The molecule has 10 heavy (non-hydrogen) atoms. The number of hydrogen-bond donors (Lipinski definition) is 0. The molecule has 0 bridgehead atoms. The second kappa shape index (κ2) is 2.65. The van der Waals surface area contributed by atoms with Gasteiger partial charge in [0.25, 0.3) is 0 Å². The van der Waals surface area contributed by atoms with Crippen molar-refractivity contribution in [3.63, 3.8) is 0 Å². The third-order valence-corrected chi connectivity index (χ3v) is 2.78. The zero-order valence-corrected chi connectivity index (χ0v) is 6.67. The van der Waals surface area contributed by atoms with Crippen molar-refractivity contribution in [3.8, 4) is 0 Å². The van der Waals surface area contributed by atoms with Gasteiger partial charge in [-0.05, 0) is 19.3 Å². The van der Waals surface area contributed by atoms with E-state index in [1.54, 1.807) is 6.92 Å². The highest BCUT2D eigenvalue weighted by atomic mass is 35.5. The van der Waals surface area contributed by atoms with Crippen LogP contribution in [0.3, 0.4) is 0 Å². The Kier molecular flexibility index (Phi) is 2.18. The Balaban J connectivity index is 2.63. The minimum Gasteiger partial charge on any atom is -0.243 e. The molecule has 0 saturated heterocycles. The van der Waals surface area contributed by atoms with Gasteiger partial charge >= 0.3 is 0 Å². The van der Waals surface area contributed by atoms with E-state index in [1.807, 2.05) is 0 Å². The average molecular weight is 169 g/mol. The molecule has 60 valence electrons. The van der Waals surface area contributed by atoms with E-state index in [4.69, 9.17) is 11.6 Å². The molecule has 1 fully saturated rings. The highest BCUT2D eigenvalue weighted by molar-refractivity contribution is 6.23. The van der Waals surface area contributed by atoms with Crippen molar-refractivity contribution >= 4 is 11.6 Å². The van der Waals surface area contributed by atoms with Crippen molar-refractivity contribution in [2.24, 2.45) is 5.92 Å². The molecule has 0 aliphatic heterocycles. The lowest BCUT2D eigenvalue weighted by molar-refractivity contribution is 0.0389. The summed E-state index contributed by atoms with van der Waals surface area (Å²) in [5.41, 5.74) is 0. The van der Waals surface area contributed by atoms with Gasteiger partial charge in [-0.15, -0.1) is 0 Å². The predicted molar refractivity (Wildman–Crippen MR) is 37.6 cm³/mol. The molecule has 0 aromatic carbocycles. The first-order valence-corrected chi connectivity index (χ1v) is 3.95. The van der Waals surface area contributed by atoms with Crippen LogP contribution in [-0.2, 0) is 0 Å². The second-order valence-corrected chi connectivity index (χ2v) is 3.55. The van der Waals surface area contributed by atoms with E-state index >= 15 is 0 Å². The Hall–Kier alpha value is 0.150. The van der Waals surface area contributed by atoms with Crippen LogP contribution in [0, 0.1) is 5.92 Å². The van der Waals surface area contributed by atoms with Crippen LogP contribution in [0.15, 0.2) is 0 Å². The Morgan fingerprint density at radius 1 is 1.50 bits per heavy atom. The number of halogens is 3. The molecule has 0 aromatic heterocycles. The van der Waals surface area contributed by atoms with E-state index in [-0.39, 0.29) is 12.3 Å². The lowest BCUT2D eigenvalue weighted by Crippen LogP contribution is -2.39. The minimum atomic E-state index is -2.10. The van der Waals surface area contributed by atoms with E-state index in [0.717, 1.165) is 6.42 Å². The van der Waals surface area contributed by atoms with Crippen molar-refractivity contribution in [2.75, 3.05) is 0 Å². The average Bonchev–Trinajstić information content (AvgIpc) is 1.84. The summed E-state index contributed by atoms with van der Waals surface area (Å²) in [5, 5.41) is -2.10. The zero-order valence-electron chi connectivity index (χ0n) is 5.91. The quantitative estimate of drug-likeness (QED) is 0.488. The van der Waals surface area contributed by atoms with Crippen LogP contribution in [0.1, 0.15) is 26.2 Å². The largest absolute Gasteiger partial charge is 0.243 e. The van der Waals surface area contributed by atoms with Crippen LogP contribution in [-0.4, -0.2) is 11.3 Å². The summed E-state index contributed by atoms with van der Waals surface area (Å²) in [6.45, 7) is 1.65. The smallest absolute Gasteiger partial charge is 0.216 e. The van der Waals surface area contributed by atoms with Gasteiger partial charge in [0.15, 0.2) is 0 Å². The van der Waals surface area contributed by atoms with Crippen molar-refractivity contribution in [2.45, 2.75) is 37.5 Å². The molecule has 0 radical (unpaired) electrons. The summed E-state index contributed by atoms with van der Waals surface area (Å²) >= 11 is 5.33. The summed E-state index contributed by atoms with van der Waals surface area (Å²) in [4.78, 5) is 0. The van der Waals surface area contributed by atoms with Gasteiger partial charge in [-0.1, -0.05) is 18.5 Å². The van der Waals surface area contributed by atoms with E-state index in [2.05, 4.69) is 0 Å². The fourth-order valence-electron chi connectivity index (χ4n) is 1.30. The van der Waals surface area contributed by atoms with Crippen molar-refractivity contribution in [3.05, 3.63) is 0 Å². The van der Waals surface area contributed by atoms with Gasteiger partial charge in [-0.25, -0.2) is 8.78 Å². The number of alkyl halides is 3. The fourth-order valence-corrected chi connectivity index (χ4v) is 1.52. The van der Waals surface area contributed by atoms with Crippen LogP contribution >= 0.6 is 11.6 Å². The van der Waals surface area contributed by atoms with Crippen LogP contribution in [0.4, 0.5) is 8.78 Å². The molecule has 3 unspecified atom stereocenters. The molecule has 0 nitrogen and oxygen atoms in total. The van der Waals surface area contributed by atoms with E-state index in [9.17, 15) is 8.78 Å². The first-order chi connectivity index (χ1) is 4.55. The van der Waals surface area contributed by atoms with Gasteiger partial charge in [0.1, 0.15) is 6.17 Å². The van der Waals surface area contributed by atoms with Gasteiger partial charge in [0.05, 0.1) is 0 Å². The van der Waals surface area contributed by atoms with Gasteiger partial charge in [-0.2, -0.15) is 0 Å². The van der Waals surface area contributed by atoms with Gasteiger partial charge in [0.2, 0.25) is 5.13 Å². The summed E-state index contributed by atoms with van der Waals surface area (Å²) in [6, 6.07) is 0. The van der Waals surface area contributed by atoms with Crippen LogP contribution < -0.4 is 0 Å². The maximum absolute atomic E-state index is 13.0. The van der Waals surface area contributed by atoms with Crippen molar-refractivity contribution in [1.29, 1.82) is 0 Å². The van der Waals surface area contributed by atoms with E-state index in [1.165, 1.54) is 0 Å². The standard InChI is InChI=1S/C7H11ClF2/c1-5-3-2-4-6(9)7(5,8)10/h5-6H,2-4H2,1H3.